The lowest BCUT2D eigenvalue weighted by Gasteiger charge is -2.13. The minimum Gasteiger partial charge on any atom is -0.495 e. The normalized spacial score (nSPS) is 10.2. The summed E-state index contributed by atoms with van der Waals surface area (Å²) in [6.07, 6.45) is 0. The highest BCUT2D eigenvalue weighted by Gasteiger charge is 2.08. The molecule has 2 aromatic rings. The van der Waals surface area contributed by atoms with Gasteiger partial charge in [0.05, 0.1) is 12.8 Å². The number of amides is 1. The number of benzene rings is 2. The number of ether oxygens (including phenoxy) is 1. The lowest BCUT2D eigenvalue weighted by Crippen LogP contribution is -2.12. The summed E-state index contributed by atoms with van der Waals surface area (Å²) in [7, 11) is 1.54. The van der Waals surface area contributed by atoms with Crippen molar-refractivity contribution < 1.29 is 13.9 Å². The molecule has 0 aliphatic carbocycles. The molecule has 0 aliphatic rings. The van der Waals surface area contributed by atoms with Crippen LogP contribution in [0.3, 0.4) is 0 Å². The van der Waals surface area contributed by atoms with Crippen molar-refractivity contribution in [3.05, 3.63) is 58.9 Å². The third-order valence-corrected chi connectivity index (χ3v) is 3.26. The summed E-state index contributed by atoms with van der Waals surface area (Å²) in [6.45, 7) is 2.33. The van der Waals surface area contributed by atoms with Crippen LogP contribution < -0.4 is 15.8 Å². The summed E-state index contributed by atoms with van der Waals surface area (Å²) in [4.78, 5) is 11.2. The molecular formula is C16H17FN2O2. The molecule has 0 aromatic heterocycles. The Hall–Kier alpha value is -2.56. The van der Waals surface area contributed by atoms with E-state index >= 15 is 0 Å². The van der Waals surface area contributed by atoms with Gasteiger partial charge in [0.15, 0.2) is 0 Å². The molecule has 0 unspecified atom stereocenters. The maximum absolute atomic E-state index is 13.3. The van der Waals surface area contributed by atoms with Crippen molar-refractivity contribution in [2.45, 2.75) is 13.5 Å². The minimum atomic E-state index is -0.511. The summed E-state index contributed by atoms with van der Waals surface area (Å²) in [5, 5.41) is 3.14. The van der Waals surface area contributed by atoms with Crippen LogP contribution in [0.2, 0.25) is 0 Å². The number of primary amides is 1. The van der Waals surface area contributed by atoms with Crippen LogP contribution in [0.15, 0.2) is 36.4 Å². The Morgan fingerprint density at radius 2 is 2.05 bits per heavy atom. The lowest BCUT2D eigenvalue weighted by molar-refractivity contribution is 0.100. The average molecular weight is 288 g/mol. The van der Waals surface area contributed by atoms with Crippen LogP contribution in [0.5, 0.6) is 5.75 Å². The first kappa shape index (κ1) is 14.8. The van der Waals surface area contributed by atoms with Crippen molar-refractivity contribution in [1.82, 2.24) is 0 Å². The predicted octanol–water partition coefficient (Wildman–Crippen LogP) is 2.85. The van der Waals surface area contributed by atoms with E-state index in [9.17, 15) is 9.18 Å². The Morgan fingerprint density at radius 1 is 1.29 bits per heavy atom. The molecule has 0 spiro atoms. The van der Waals surface area contributed by atoms with Gasteiger partial charge in [-0.2, -0.15) is 0 Å². The zero-order valence-corrected chi connectivity index (χ0v) is 11.9. The van der Waals surface area contributed by atoms with Crippen LogP contribution >= 0.6 is 0 Å². The smallest absolute Gasteiger partial charge is 0.248 e. The zero-order chi connectivity index (χ0) is 15.4. The minimum absolute atomic E-state index is 0.282. The number of aryl methyl sites for hydroxylation is 1. The third kappa shape index (κ3) is 3.51. The summed E-state index contributed by atoms with van der Waals surface area (Å²) in [6, 6.07) is 9.51. The maximum Gasteiger partial charge on any atom is 0.248 e. The molecule has 110 valence electrons. The molecule has 0 atom stereocenters. The Bertz CT molecular complexity index is 671. The monoisotopic (exact) mass is 288 g/mol. The highest BCUT2D eigenvalue weighted by Crippen LogP contribution is 2.26. The van der Waals surface area contributed by atoms with Crippen LogP contribution in [-0.4, -0.2) is 13.0 Å². The summed E-state index contributed by atoms with van der Waals surface area (Å²) >= 11 is 0. The Labute approximate surface area is 122 Å². The largest absolute Gasteiger partial charge is 0.495 e. The van der Waals surface area contributed by atoms with Gasteiger partial charge >= 0.3 is 0 Å². The molecule has 0 saturated carbocycles. The van der Waals surface area contributed by atoms with E-state index in [1.54, 1.807) is 24.3 Å². The maximum atomic E-state index is 13.3. The number of halogens is 1. The van der Waals surface area contributed by atoms with Gasteiger partial charge in [-0.15, -0.1) is 0 Å². The van der Waals surface area contributed by atoms with Crippen molar-refractivity contribution in [2.24, 2.45) is 5.73 Å². The second-order valence-electron chi connectivity index (χ2n) is 4.70. The van der Waals surface area contributed by atoms with Gasteiger partial charge in [-0.3, -0.25) is 4.79 Å². The van der Waals surface area contributed by atoms with E-state index < -0.39 is 5.91 Å². The van der Waals surface area contributed by atoms with Gasteiger partial charge in [-0.25, -0.2) is 4.39 Å². The van der Waals surface area contributed by atoms with E-state index in [1.165, 1.54) is 19.2 Å². The number of hydrogen-bond donors (Lipinski definition) is 2. The van der Waals surface area contributed by atoms with Crippen molar-refractivity contribution in [3.63, 3.8) is 0 Å². The summed E-state index contributed by atoms with van der Waals surface area (Å²) < 4.78 is 18.5. The van der Waals surface area contributed by atoms with Crippen LogP contribution in [0.1, 0.15) is 21.5 Å². The molecule has 0 bridgehead atoms. The molecule has 21 heavy (non-hydrogen) atoms. The molecule has 0 saturated heterocycles. The molecular weight excluding hydrogens is 271 g/mol. The number of rotatable bonds is 5. The molecule has 2 aromatic carbocycles. The first-order chi connectivity index (χ1) is 10.0. The Morgan fingerprint density at radius 3 is 2.71 bits per heavy atom. The predicted molar refractivity (Wildman–Crippen MR) is 80.0 cm³/mol. The molecule has 1 amide bonds. The molecule has 0 radical (unpaired) electrons. The lowest BCUT2D eigenvalue weighted by atomic mass is 10.1. The standard InChI is InChI=1S/C16H17FN2O2/c1-10-3-5-13(17)7-12(10)9-19-14-8-11(16(18)20)4-6-15(14)21-2/h3-8,19H,9H2,1-2H3,(H2,18,20). The van der Waals surface area contributed by atoms with E-state index in [-0.39, 0.29) is 5.82 Å². The second-order valence-corrected chi connectivity index (χ2v) is 4.70. The number of nitrogens with two attached hydrogens (primary N) is 1. The van der Waals surface area contributed by atoms with Crippen LogP contribution in [0.25, 0.3) is 0 Å². The first-order valence-corrected chi connectivity index (χ1v) is 6.48. The number of hydrogen-bond acceptors (Lipinski definition) is 3. The van der Waals surface area contributed by atoms with Gasteiger partial charge in [-0.05, 0) is 48.4 Å². The van der Waals surface area contributed by atoms with Gasteiger partial charge < -0.3 is 15.8 Å². The van der Waals surface area contributed by atoms with Gasteiger partial charge in [0.1, 0.15) is 11.6 Å². The summed E-state index contributed by atoms with van der Waals surface area (Å²) in [5.41, 5.74) is 8.10. The van der Waals surface area contributed by atoms with E-state index in [0.29, 0.717) is 23.5 Å². The van der Waals surface area contributed by atoms with E-state index in [0.717, 1.165) is 11.1 Å². The number of anilines is 1. The highest BCUT2D eigenvalue weighted by atomic mass is 19.1. The molecule has 4 nitrogen and oxygen atoms in total. The fraction of sp³-hybridized carbons (Fsp3) is 0.188. The SMILES string of the molecule is COc1ccc(C(N)=O)cc1NCc1cc(F)ccc1C. The second kappa shape index (κ2) is 6.26. The topological polar surface area (TPSA) is 64.3 Å². The molecule has 3 N–H and O–H groups in total. The number of carbonyl (C=O) groups is 1. The van der Waals surface area contributed by atoms with Crippen LogP contribution in [0, 0.1) is 12.7 Å². The average Bonchev–Trinajstić information content (AvgIpc) is 2.47. The fourth-order valence-electron chi connectivity index (χ4n) is 2.02. The number of nitrogens with one attached hydrogen (secondary N) is 1. The van der Waals surface area contributed by atoms with Crippen molar-refractivity contribution >= 4 is 11.6 Å². The zero-order valence-electron chi connectivity index (χ0n) is 11.9. The van der Waals surface area contributed by atoms with Crippen LogP contribution in [-0.2, 0) is 6.54 Å². The van der Waals surface area contributed by atoms with Gasteiger partial charge in [-0.1, -0.05) is 6.07 Å². The van der Waals surface area contributed by atoms with E-state index in [1.807, 2.05) is 6.92 Å². The summed E-state index contributed by atoms with van der Waals surface area (Å²) in [5.74, 6) is -0.202. The van der Waals surface area contributed by atoms with Crippen molar-refractivity contribution in [3.8, 4) is 5.75 Å². The Kier molecular flexibility index (Phi) is 4.42. The van der Waals surface area contributed by atoms with Gasteiger partial charge in [0.2, 0.25) is 5.91 Å². The molecule has 2 rings (SSSR count). The van der Waals surface area contributed by atoms with Crippen molar-refractivity contribution in [1.29, 1.82) is 0 Å². The number of methoxy groups -OCH3 is 1. The molecule has 0 heterocycles. The third-order valence-electron chi connectivity index (χ3n) is 3.26. The first-order valence-electron chi connectivity index (χ1n) is 6.48. The van der Waals surface area contributed by atoms with E-state index in [4.69, 9.17) is 10.5 Å². The number of carbonyl (C=O) groups excluding carboxylic acids is 1. The highest BCUT2D eigenvalue weighted by molar-refractivity contribution is 5.94. The van der Waals surface area contributed by atoms with E-state index in [2.05, 4.69) is 5.32 Å². The van der Waals surface area contributed by atoms with Crippen LogP contribution in [0.4, 0.5) is 10.1 Å². The molecule has 0 aliphatic heterocycles. The molecule has 0 fully saturated rings. The fourth-order valence-corrected chi connectivity index (χ4v) is 2.02. The quantitative estimate of drug-likeness (QED) is 0.889. The molecule has 5 heteroatoms. The van der Waals surface area contributed by atoms with Gasteiger partial charge in [0, 0.05) is 12.1 Å². The Balaban J connectivity index is 2.24. The van der Waals surface area contributed by atoms with Gasteiger partial charge in [0.25, 0.3) is 0 Å². The van der Waals surface area contributed by atoms with Crippen molar-refractivity contribution in [2.75, 3.05) is 12.4 Å².